The number of methoxy groups -OCH3 is 2. The molecule has 0 radical (unpaired) electrons. The fourth-order valence-corrected chi connectivity index (χ4v) is 4.20. The third-order valence-electron chi connectivity index (χ3n) is 5.91. The summed E-state index contributed by atoms with van der Waals surface area (Å²) in [5.74, 6) is 2.41. The number of nitrogens with zero attached hydrogens (tertiary/aromatic N) is 5. The maximum Gasteiger partial charge on any atom is 0.345 e. The molecule has 0 saturated heterocycles. The molecule has 160 valence electrons. The van der Waals surface area contributed by atoms with Gasteiger partial charge in [-0.3, -0.25) is 14.6 Å². The van der Waals surface area contributed by atoms with Crippen LogP contribution >= 0.6 is 0 Å². The number of rotatable bonds is 6. The molecule has 0 bridgehead atoms. The van der Waals surface area contributed by atoms with Crippen LogP contribution in [0.2, 0.25) is 0 Å². The normalized spacial score (nSPS) is 16.4. The Hall–Kier alpha value is -3.07. The van der Waals surface area contributed by atoms with Crippen LogP contribution in [0.25, 0.3) is 11.3 Å². The lowest BCUT2D eigenvalue weighted by Gasteiger charge is -2.26. The molecule has 1 unspecified atom stereocenters. The van der Waals surface area contributed by atoms with E-state index in [2.05, 4.69) is 27.2 Å². The molecule has 1 aliphatic rings. The fourth-order valence-electron chi connectivity index (χ4n) is 4.20. The fraction of sp³-hybridized carbons (Fsp3) is 0.476. The molecule has 9 heteroatoms. The van der Waals surface area contributed by atoms with Crippen LogP contribution in [0.1, 0.15) is 24.2 Å². The standard InChI is InChI=1S/C21H28N6O3/c1-25(15-5-8-19-24-26(2)21(28)27(19)10-9-15)13-14-12-22-23-20(14)17-11-16(29-3)6-7-18(17)30-4/h6-7,11-12,15H,5,8-10,13H2,1-4H3,(H,22,23). The molecule has 9 nitrogen and oxygen atoms in total. The van der Waals surface area contributed by atoms with Crippen LogP contribution in [-0.2, 0) is 26.6 Å². The van der Waals surface area contributed by atoms with Gasteiger partial charge in [-0.2, -0.15) is 10.2 Å². The number of aromatic amines is 1. The van der Waals surface area contributed by atoms with Crippen LogP contribution in [0, 0.1) is 0 Å². The van der Waals surface area contributed by atoms with Crippen molar-refractivity contribution < 1.29 is 9.47 Å². The number of benzene rings is 1. The van der Waals surface area contributed by atoms with Gasteiger partial charge in [0.25, 0.3) is 0 Å². The molecule has 1 aliphatic heterocycles. The highest BCUT2D eigenvalue weighted by Crippen LogP contribution is 2.34. The van der Waals surface area contributed by atoms with Gasteiger partial charge in [-0.05, 0) is 38.1 Å². The zero-order valence-corrected chi connectivity index (χ0v) is 17.9. The summed E-state index contributed by atoms with van der Waals surface area (Å²) < 4.78 is 14.2. The Labute approximate surface area is 175 Å². The second-order valence-corrected chi connectivity index (χ2v) is 7.71. The van der Waals surface area contributed by atoms with Gasteiger partial charge in [0.15, 0.2) is 0 Å². The highest BCUT2D eigenvalue weighted by Gasteiger charge is 2.24. The molecule has 0 spiro atoms. The number of nitrogens with one attached hydrogen (secondary N) is 1. The number of fused-ring (bicyclic) bond motifs is 1. The molecule has 0 saturated carbocycles. The van der Waals surface area contributed by atoms with E-state index in [1.54, 1.807) is 25.8 Å². The minimum Gasteiger partial charge on any atom is -0.497 e. The number of ether oxygens (including phenoxy) is 2. The predicted molar refractivity (Wildman–Crippen MR) is 113 cm³/mol. The highest BCUT2D eigenvalue weighted by molar-refractivity contribution is 5.71. The van der Waals surface area contributed by atoms with Gasteiger partial charge in [-0.1, -0.05) is 0 Å². The topological polar surface area (TPSA) is 90.2 Å². The van der Waals surface area contributed by atoms with Gasteiger partial charge in [0.05, 0.1) is 26.1 Å². The van der Waals surface area contributed by atoms with Crippen LogP contribution in [0.15, 0.2) is 29.2 Å². The minimum atomic E-state index is -0.0319. The first-order chi connectivity index (χ1) is 14.5. The molecule has 0 amide bonds. The van der Waals surface area contributed by atoms with E-state index in [9.17, 15) is 4.79 Å². The van der Waals surface area contributed by atoms with Gasteiger partial charge < -0.3 is 9.47 Å². The molecule has 3 aromatic rings. The second kappa shape index (κ2) is 8.35. The lowest BCUT2D eigenvalue weighted by molar-refractivity contribution is 0.210. The summed E-state index contributed by atoms with van der Waals surface area (Å²) in [5, 5.41) is 11.8. The molecular formula is C21H28N6O3. The summed E-state index contributed by atoms with van der Waals surface area (Å²) in [5.41, 5.74) is 2.90. The van der Waals surface area contributed by atoms with Gasteiger partial charge in [-0.25, -0.2) is 9.48 Å². The van der Waals surface area contributed by atoms with Crippen molar-refractivity contribution in [1.82, 2.24) is 29.4 Å². The lowest BCUT2D eigenvalue weighted by atomic mass is 10.0. The summed E-state index contributed by atoms with van der Waals surface area (Å²) in [4.78, 5) is 14.6. The number of hydrogen-bond donors (Lipinski definition) is 1. The van der Waals surface area contributed by atoms with Crippen LogP contribution in [-0.4, -0.2) is 56.8 Å². The van der Waals surface area contributed by atoms with Crippen LogP contribution < -0.4 is 15.2 Å². The summed E-state index contributed by atoms with van der Waals surface area (Å²) in [7, 11) is 7.14. The molecule has 1 atom stereocenters. The molecule has 30 heavy (non-hydrogen) atoms. The van der Waals surface area contributed by atoms with E-state index in [1.165, 1.54) is 4.68 Å². The van der Waals surface area contributed by atoms with Crippen molar-refractivity contribution >= 4 is 0 Å². The van der Waals surface area contributed by atoms with Crippen molar-refractivity contribution in [3.63, 3.8) is 0 Å². The first-order valence-corrected chi connectivity index (χ1v) is 10.1. The summed E-state index contributed by atoms with van der Waals surface area (Å²) in [6.07, 6.45) is 4.53. The third-order valence-corrected chi connectivity index (χ3v) is 5.91. The average molecular weight is 412 g/mol. The van der Waals surface area contributed by atoms with Crippen molar-refractivity contribution in [3.8, 4) is 22.8 Å². The Kier molecular flexibility index (Phi) is 5.63. The zero-order chi connectivity index (χ0) is 21.3. The number of aromatic nitrogens is 5. The summed E-state index contributed by atoms with van der Waals surface area (Å²) >= 11 is 0. The van der Waals surface area contributed by atoms with Crippen molar-refractivity contribution in [3.05, 3.63) is 46.3 Å². The highest BCUT2D eigenvalue weighted by atomic mass is 16.5. The smallest absolute Gasteiger partial charge is 0.345 e. The average Bonchev–Trinajstić information content (AvgIpc) is 3.24. The maximum atomic E-state index is 12.2. The SMILES string of the molecule is COc1ccc(OC)c(-c2[nH]ncc2CN(C)C2CCc3nn(C)c(=O)n3CC2)c1. The van der Waals surface area contributed by atoms with Gasteiger partial charge in [-0.15, -0.1) is 0 Å². The summed E-state index contributed by atoms with van der Waals surface area (Å²) in [6, 6.07) is 6.08. The summed E-state index contributed by atoms with van der Waals surface area (Å²) in [6.45, 7) is 1.43. The minimum absolute atomic E-state index is 0.0319. The van der Waals surface area contributed by atoms with Crippen LogP contribution in [0.3, 0.4) is 0 Å². The van der Waals surface area contributed by atoms with E-state index in [1.807, 2.05) is 24.4 Å². The van der Waals surface area contributed by atoms with Gasteiger partial charge in [0, 0.05) is 43.7 Å². The molecule has 4 rings (SSSR count). The van der Waals surface area contributed by atoms with Crippen LogP contribution in [0.5, 0.6) is 11.5 Å². The number of aryl methyl sites for hydroxylation is 2. The zero-order valence-electron chi connectivity index (χ0n) is 17.9. The largest absolute Gasteiger partial charge is 0.497 e. The first-order valence-electron chi connectivity index (χ1n) is 10.1. The van der Waals surface area contributed by atoms with E-state index in [0.29, 0.717) is 12.6 Å². The van der Waals surface area contributed by atoms with E-state index in [0.717, 1.165) is 60.0 Å². The van der Waals surface area contributed by atoms with E-state index < -0.39 is 0 Å². The Morgan fingerprint density at radius 2 is 2.10 bits per heavy atom. The monoisotopic (exact) mass is 412 g/mol. The maximum absolute atomic E-state index is 12.2. The Morgan fingerprint density at radius 1 is 1.27 bits per heavy atom. The number of hydrogen-bond acceptors (Lipinski definition) is 6. The molecule has 0 aliphatic carbocycles. The van der Waals surface area contributed by atoms with E-state index in [-0.39, 0.29) is 5.69 Å². The second-order valence-electron chi connectivity index (χ2n) is 7.71. The van der Waals surface area contributed by atoms with Crippen LogP contribution in [0.4, 0.5) is 0 Å². The van der Waals surface area contributed by atoms with Crippen molar-refractivity contribution in [2.75, 3.05) is 21.3 Å². The Morgan fingerprint density at radius 3 is 2.87 bits per heavy atom. The molecule has 0 fully saturated rings. The van der Waals surface area contributed by atoms with Gasteiger partial charge in [0.1, 0.15) is 17.3 Å². The lowest BCUT2D eigenvalue weighted by Crippen LogP contribution is -2.32. The molecule has 2 aromatic heterocycles. The van der Waals surface area contributed by atoms with Gasteiger partial charge in [0.2, 0.25) is 0 Å². The first kappa shape index (κ1) is 20.2. The Bertz CT molecular complexity index is 1080. The molecule has 1 aromatic carbocycles. The van der Waals surface area contributed by atoms with E-state index >= 15 is 0 Å². The molecule has 1 N–H and O–H groups in total. The number of H-pyrrole nitrogens is 1. The van der Waals surface area contributed by atoms with E-state index in [4.69, 9.17) is 9.47 Å². The third kappa shape index (κ3) is 3.72. The molecule has 3 heterocycles. The quantitative estimate of drug-likeness (QED) is 0.664. The van der Waals surface area contributed by atoms with Crippen molar-refractivity contribution in [2.24, 2.45) is 7.05 Å². The molecular weight excluding hydrogens is 384 g/mol. The van der Waals surface area contributed by atoms with Crippen molar-refractivity contribution in [2.45, 2.75) is 38.4 Å². The van der Waals surface area contributed by atoms with Crippen molar-refractivity contribution in [1.29, 1.82) is 0 Å². The van der Waals surface area contributed by atoms with Gasteiger partial charge >= 0.3 is 5.69 Å². The Balaban J connectivity index is 1.53. The predicted octanol–water partition coefficient (Wildman–Crippen LogP) is 1.83.